The monoisotopic (exact) mass is 397 g/mol. The summed E-state index contributed by atoms with van der Waals surface area (Å²) in [5.74, 6) is 2.94. The Balaban J connectivity index is 1.45. The van der Waals surface area contributed by atoms with Gasteiger partial charge in [0, 0.05) is 33.2 Å². The normalized spacial score (nSPS) is 19.1. The number of guanidine groups is 1. The van der Waals surface area contributed by atoms with Crippen LogP contribution in [0.1, 0.15) is 18.1 Å². The lowest BCUT2D eigenvalue weighted by Gasteiger charge is -2.25. The lowest BCUT2D eigenvalue weighted by Crippen LogP contribution is -2.43. The molecule has 0 radical (unpaired) electrons. The first-order valence-corrected chi connectivity index (χ1v) is 10.1. The van der Waals surface area contributed by atoms with E-state index in [1.54, 1.807) is 7.11 Å². The SMILES string of the molecule is CN=C(NCC1CCOC1c1ccccc1)N(C)CCOc1ccc(OC)cc1. The van der Waals surface area contributed by atoms with Crippen molar-refractivity contribution in [3.63, 3.8) is 0 Å². The Labute approximate surface area is 173 Å². The second-order valence-corrected chi connectivity index (χ2v) is 7.12. The van der Waals surface area contributed by atoms with Crippen LogP contribution in [0.3, 0.4) is 0 Å². The lowest BCUT2D eigenvalue weighted by molar-refractivity contribution is 0.0913. The third-order valence-electron chi connectivity index (χ3n) is 5.19. The van der Waals surface area contributed by atoms with Crippen LogP contribution >= 0.6 is 0 Å². The first-order chi connectivity index (χ1) is 14.2. The molecule has 6 heteroatoms. The molecule has 0 bridgehead atoms. The smallest absolute Gasteiger partial charge is 0.193 e. The number of hydrogen-bond acceptors (Lipinski definition) is 4. The Hall–Kier alpha value is -2.73. The highest BCUT2D eigenvalue weighted by Crippen LogP contribution is 2.33. The average Bonchev–Trinajstić information content (AvgIpc) is 3.24. The molecule has 2 unspecified atom stereocenters. The number of nitrogens with zero attached hydrogens (tertiary/aromatic N) is 2. The standard InChI is InChI=1S/C23H31N3O3/c1-24-23(26(2)14-16-28-21-11-9-20(27-3)10-12-21)25-17-19-13-15-29-22(19)18-7-5-4-6-8-18/h4-12,19,22H,13-17H2,1-3H3,(H,24,25). The van der Waals surface area contributed by atoms with Crippen LogP contribution in [0, 0.1) is 5.92 Å². The molecule has 156 valence electrons. The van der Waals surface area contributed by atoms with Gasteiger partial charge < -0.3 is 24.4 Å². The zero-order valence-electron chi connectivity index (χ0n) is 17.5. The minimum absolute atomic E-state index is 0.144. The van der Waals surface area contributed by atoms with Crippen molar-refractivity contribution in [3.8, 4) is 11.5 Å². The van der Waals surface area contributed by atoms with Gasteiger partial charge in [0.15, 0.2) is 5.96 Å². The molecule has 1 aliphatic rings. The highest BCUT2D eigenvalue weighted by atomic mass is 16.5. The molecule has 2 aromatic rings. The van der Waals surface area contributed by atoms with Gasteiger partial charge in [-0.2, -0.15) is 0 Å². The molecule has 0 saturated carbocycles. The van der Waals surface area contributed by atoms with Gasteiger partial charge in [-0.15, -0.1) is 0 Å². The van der Waals surface area contributed by atoms with E-state index < -0.39 is 0 Å². The molecule has 1 N–H and O–H groups in total. The maximum absolute atomic E-state index is 5.99. The highest BCUT2D eigenvalue weighted by molar-refractivity contribution is 5.79. The number of benzene rings is 2. The number of methoxy groups -OCH3 is 1. The third-order valence-corrected chi connectivity index (χ3v) is 5.19. The molecule has 29 heavy (non-hydrogen) atoms. The summed E-state index contributed by atoms with van der Waals surface area (Å²) in [6, 6.07) is 18.1. The molecule has 1 fully saturated rings. The minimum atomic E-state index is 0.144. The van der Waals surface area contributed by atoms with Gasteiger partial charge in [0.2, 0.25) is 0 Å². The second-order valence-electron chi connectivity index (χ2n) is 7.12. The van der Waals surface area contributed by atoms with E-state index in [1.165, 1.54) is 5.56 Å². The van der Waals surface area contributed by atoms with Crippen molar-refractivity contribution < 1.29 is 14.2 Å². The van der Waals surface area contributed by atoms with E-state index in [0.717, 1.165) is 43.6 Å². The van der Waals surface area contributed by atoms with Gasteiger partial charge in [-0.3, -0.25) is 4.99 Å². The molecule has 2 atom stereocenters. The van der Waals surface area contributed by atoms with Crippen LogP contribution in [-0.2, 0) is 4.74 Å². The molecule has 0 aromatic heterocycles. The van der Waals surface area contributed by atoms with E-state index in [4.69, 9.17) is 14.2 Å². The molecule has 1 aliphatic heterocycles. The van der Waals surface area contributed by atoms with Crippen molar-refractivity contribution in [1.82, 2.24) is 10.2 Å². The molecule has 2 aromatic carbocycles. The van der Waals surface area contributed by atoms with Crippen molar-refractivity contribution in [2.24, 2.45) is 10.9 Å². The Morgan fingerprint density at radius 2 is 1.86 bits per heavy atom. The number of likely N-dealkylation sites (N-methyl/N-ethyl adjacent to an activating group) is 1. The van der Waals surface area contributed by atoms with E-state index in [0.29, 0.717) is 12.5 Å². The predicted octanol–water partition coefficient (Wildman–Crippen LogP) is 3.36. The number of nitrogens with one attached hydrogen (secondary N) is 1. The van der Waals surface area contributed by atoms with Crippen molar-refractivity contribution in [1.29, 1.82) is 0 Å². The van der Waals surface area contributed by atoms with Crippen molar-refractivity contribution in [2.75, 3.05) is 47.5 Å². The fourth-order valence-corrected chi connectivity index (χ4v) is 3.54. The Morgan fingerprint density at radius 1 is 1.14 bits per heavy atom. The van der Waals surface area contributed by atoms with E-state index in [9.17, 15) is 0 Å². The van der Waals surface area contributed by atoms with E-state index in [-0.39, 0.29) is 6.10 Å². The van der Waals surface area contributed by atoms with Gasteiger partial charge in [0.05, 0.1) is 19.8 Å². The van der Waals surface area contributed by atoms with Gasteiger partial charge in [0.25, 0.3) is 0 Å². The summed E-state index contributed by atoms with van der Waals surface area (Å²) in [4.78, 5) is 6.49. The third kappa shape index (κ3) is 5.87. The summed E-state index contributed by atoms with van der Waals surface area (Å²) >= 11 is 0. The van der Waals surface area contributed by atoms with E-state index in [1.807, 2.05) is 44.4 Å². The summed E-state index contributed by atoms with van der Waals surface area (Å²) in [5, 5.41) is 3.50. The van der Waals surface area contributed by atoms with Crippen LogP contribution in [-0.4, -0.2) is 58.4 Å². The van der Waals surface area contributed by atoms with Crippen molar-refractivity contribution in [3.05, 3.63) is 60.2 Å². The fourth-order valence-electron chi connectivity index (χ4n) is 3.54. The molecule has 1 heterocycles. The van der Waals surface area contributed by atoms with Crippen LogP contribution in [0.5, 0.6) is 11.5 Å². The highest BCUT2D eigenvalue weighted by Gasteiger charge is 2.29. The minimum Gasteiger partial charge on any atom is -0.497 e. The molecule has 6 nitrogen and oxygen atoms in total. The van der Waals surface area contributed by atoms with Crippen LogP contribution in [0.4, 0.5) is 0 Å². The molecular formula is C23H31N3O3. The van der Waals surface area contributed by atoms with Crippen LogP contribution in [0.25, 0.3) is 0 Å². The topological polar surface area (TPSA) is 55.3 Å². The Kier molecular flexibility index (Phi) is 7.76. The van der Waals surface area contributed by atoms with Crippen LogP contribution < -0.4 is 14.8 Å². The molecular weight excluding hydrogens is 366 g/mol. The fraction of sp³-hybridized carbons (Fsp3) is 0.435. The Bertz CT molecular complexity index is 765. The summed E-state index contributed by atoms with van der Waals surface area (Å²) in [6.07, 6.45) is 1.19. The van der Waals surface area contributed by atoms with Crippen molar-refractivity contribution in [2.45, 2.75) is 12.5 Å². The predicted molar refractivity (Wildman–Crippen MR) is 116 cm³/mol. The molecule has 0 aliphatic carbocycles. The average molecular weight is 398 g/mol. The molecule has 0 amide bonds. The summed E-state index contributed by atoms with van der Waals surface area (Å²) in [6.45, 7) is 2.93. The Morgan fingerprint density at radius 3 is 2.55 bits per heavy atom. The summed E-state index contributed by atoms with van der Waals surface area (Å²) < 4.78 is 17.0. The zero-order valence-corrected chi connectivity index (χ0v) is 17.5. The summed E-state index contributed by atoms with van der Waals surface area (Å²) in [7, 11) is 5.48. The van der Waals surface area contributed by atoms with Gasteiger partial charge >= 0.3 is 0 Å². The quantitative estimate of drug-likeness (QED) is 0.547. The maximum Gasteiger partial charge on any atom is 0.193 e. The van der Waals surface area contributed by atoms with Gasteiger partial charge in [-0.25, -0.2) is 0 Å². The van der Waals surface area contributed by atoms with Crippen molar-refractivity contribution >= 4 is 5.96 Å². The lowest BCUT2D eigenvalue weighted by atomic mass is 9.95. The number of hydrogen-bond donors (Lipinski definition) is 1. The number of rotatable bonds is 8. The molecule has 0 spiro atoms. The first kappa shape index (κ1) is 21.0. The summed E-state index contributed by atoms with van der Waals surface area (Å²) in [5.41, 5.74) is 1.24. The first-order valence-electron chi connectivity index (χ1n) is 10.1. The van der Waals surface area contributed by atoms with Gasteiger partial charge in [0.1, 0.15) is 18.1 Å². The number of ether oxygens (including phenoxy) is 3. The zero-order chi connectivity index (χ0) is 20.5. The van der Waals surface area contributed by atoms with Gasteiger partial charge in [-0.05, 0) is 36.2 Å². The van der Waals surface area contributed by atoms with E-state index in [2.05, 4.69) is 39.5 Å². The second kappa shape index (κ2) is 10.7. The maximum atomic E-state index is 5.99. The van der Waals surface area contributed by atoms with Gasteiger partial charge in [-0.1, -0.05) is 30.3 Å². The van der Waals surface area contributed by atoms with Crippen LogP contribution in [0.2, 0.25) is 0 Å². The molecule has 1 saturated heterocycles. The number of aliphatic imine (C=N–C) groups is 1. The van der Waals surface area contributed by atoms with Crippen LogP contribution in [0.15, 0.2) is 59.6 Å². The molecule has 3 rings (SSSR count). The van der Waals surface area contributed by atoms with E-state index >= 15 is 0 Å². The largest absolute Gasteiger partial charge is 0.497 e.